The van der Waals surface area contributed by atoms with Crippen LogP contribution in [0.1, 0.15) is 65.2 Å². The van der Waals surface area contributed by atoms with Gasteiger partial charge in [-0.1, -0.05) is 13.8 Å². The maximum absolute atomic E-state index is 12.8. The Kier molecular flexibility index (Phi) is 3.00. The predicted octanol–water partition coefficient (Wildman–Crippen LogP) is 3.35. The van der Waals surface area contributed by atoms with Crippen LogP contribution in [0.4, 0.5) is 0 Å². The van der Waals surface area contributed by atoms with E-state index < -0.39 is 0 Å². The van der Waals surface area contributed by atoms with E-state index >= 15 is 0 Å². The Hall–Kier alpha value is -0.990. The first kappa shape index (κ1) is 14.6. The van der Waals surface area contributed by atoms with Crippen LogP contribution < -0.4 is 0 Å². The fraction of sp³-hybridized carbons (Fsp3) is 0.842. The minimum atomic E-state index is -0.171. The van der Waals surface area contributed by atoms with E-state index in [-0.39, 0.29) is 22.5 Å². The summed E-state index contributed by atoms with van der Waals surface area (Å²) >= 11 is 0. The van der Waals surface area contributed by atoms with Crippen LogP contribution in [0.15, 0.2) is 0 Å². The molecule has 0 aliphatic heterocycles. The number of carbonyl (C=O) groups excluding carboxylic acids is 3. The number of rotatable bonds is 0. The first-order chi connectivity index (χ1) is 10.4. The van der Waals surface area contributed by atoms with Crippen molar-refractivity contribution in [2.45, 2.75) is 65.2 Å². The number of Topliss-reactive ketones (excluding diaryl/α,β-unsaturated/α-hetero) is 3. The van der Waals surface area contributed by atoms with Crippen molar-refractivity contribution >= 4 is 17.3 Å². The predicted molar refractivity (Wildman–Crippen MR) is 82.1 cm³/mol. The van der Waals surface area contributed by atoms with E-state index in [0.29, 0.717) is 55.0 Å². The van der Waals surface area contributed by atoms with Crippen molar-refractivity contribution in [3.8, 4) is 0 Å². The fourth-order valence-electron chi connectivity index (χ4n) is 6.61. The van der Waals surface area contributed by atoms with Crippen molar-refractivity contribution < 1.29 is 14.4 Å². The third kappa shape index (κ3) is 1.71. The van der Waals surface area contributed by atoms with E-state index in [9.17, 15) is 14.4 Å². The monoisotopic (exact) mass is 302 g/mol. The second-order valence-electron chi connectivity index (χ2n) is 8.77. The molecule has 4 rings (SSSR count). The van der Waals surface area contributed by atoms with Gasteiger partial charge in [0.15, 0.2) is 0 Å². The summed E-state index contributed by atoms with van der Waals surface area (Å²) in [5.41, 5.74) is -0.171. The highest BCUT2D eigenvalue weighted by Crippen LogP contribution is 2.64. The van der Waals surface area contributed by atoms with Gasteiger partial charge in [-0.25, -0.2) is 0 Å². The number of carbonyl (C=O) groups is 3. The van der Waals surface area contributed by atoms with E-state index in [1.54, 1.807) is 0 Å². The van der Waals surface area contributed by atoms with E-state index in [0.717, 1.165) is 25.7 Å². The summed E-state index contributed by atoms with van der Waals surface area (Å²) < 4.78 is 0. The minimum absolute atomic E-state index is 0.000871. The van der Waals surface area contributed by atoms with Crippen molar-refractivity contribution in [1.82, 2.24) is 0 Å². The molecule has 120 valence electrons. The van der Waals surface area contributed by atoms with Gasteiger partial charge in [-0.3, -0.25) is 14.4 Å². The van der Waals surface area contributed by atoms with E-state index in [1.807, 2.05) is 0 Å². The van der Waals surface area contributed by atoms with Gasteiger partial charge in [0.2, 0.25) is 0 Å². The largest absolute Gasteiger partial charge is 0.300 e. The highest BCUT2D eigenvalue weighted by molar-refractivity contribution is 5.91. The van der Waals surface area contributed by atoms with Gasteiger partial charge in [-0.15, -0.1) is 0 Å². The molecule has 0 radical (unpaired) electrons. The Morgan fingerprint density at radius 1 is 0.909 bits per heavy atom. The Bertz CT molecular complexity index is 565. The zero-order valence-electron chi connectivity index (χ0n) is 13.7. The summed E-state index contributed by atoms with van der Waals surface area (Å²) in [5.74, 6) is 2.27. The maximum Gasteiger partial charge on any atom is 0.139 e. The molecule has 0 amide bonds. The normalized spacial score (nSPS) is 51.3. The topological polar surface area (TPSA) is 51.2 Å². The molecule has 0 heterocycles. The first-order valence-electron chi connectivity index (χ1n) is 8.94. The number of fused-ring (bicyclic) bond motifs is 5. The lowest BCUT2D eigenvalue weighted by atomic mass is 9.45. The van der Waals surface area contributed by atoms with Gasteiger partial charge in [-0.05, 0) is 48.9 Å². The summed E-state index contributed by atoms with van der Waals surface area (Å²) in [4.78, 5) is 37.0. The Labute approximate surface area is 132 Å². The van der Waals surface area contributed by atoms with Gasteiger partial charge < -0.3 is 0 Å². The molecule has 4 aliphatic rings. The smallest absolute Gasteiger partial charge is 0.139 e. The van der Waals surface area contributed by atoms with Crippen LogP contribution in [-0.4, -0.2) is 17.3 Å². The lowest BCUT2D eigenvalue weighted by Crippen LogP contribution is -2.56. The molecule has 3 nitrogen and oxygen atoms in total. The molecule has 0 N–H and O–H groups in total. The summed E-state index contributed by atoms with van der Waals surface area (Å²) in [7, 11) is 0. The lowest BCUT2D eigenvalue weighted by molar-refractivity contribution is -0.159. The van der Waals surface area contributed by atoms with Crippen molar-refractivity contribution in [2.75, 3.05) is 0 Å². The zero-order chi connectivity index (χ0) is 15.7. The molecule has 6 atom stereocenters. The van der Waals surface area contributed by atoms with Crippen molar-refractivity contribution in [1.29, 1.82) is 0 Å². The van der Waals surface area contributed by atoms with E-state index in [2.05, 4.69) is 13.8 Å². The van der Waals surface area contributed by atoms with Gasteiger partial charge in [-0.2, -0.15) is 0 Å². The second-order valence-corrected chi connectivity index (χ2v) is 8.77. The molecule has 4 fully saturated rings. The molecule has 0 unspecified atom stereocenters. The van der Waals surface area contributed by atoms with Crippen LogP contribution >= 0.6 is 0 Å². The van der Waals surface area contributed by atoms with Crippen molar-refractivity contribution in [3.05, 3.63) is 0 Å². The number of hydrogen-bond donors (Lipinski definition) is 0. The lowest BCUT2D eigenvalue weighted by Gasteiger charge is -2.58. The third-order valence-electron chi connectivity index (χ3n) is 7.99. The van der Waals surface area contributed by atoms with E-state index in [1.165, 1.54) is 0 Å². The average Bonchev–Trinajstić information content (AvgIpc) is 2.77. The summed E-state index contributed by atoms with van der Waals surface area (Å²) in [5, 5.41) is 0. The van der Waals surface area contributed by atoms with Crippen LogP contribution in [0.2, 0.25) is 0 Å². The van der Waals surface area contributed by atoms with Crippen molar-refractivity contribution in [2.24, 2.45) is 34.5 Å². The molecule has 0 aromatic rings. The maximum atomic E-state index is 12.8. The molecule has 22 heavy (non-hydrogen) atoms. The average molecular weight is 302 g/mol. The number of ketones is 3. The Balaban J connectivity index is 1.71. The molecule has 0 aromatic carbocycles. The standard InChI is InChI=1S/C19H26O3/c1-18-7-5-11(20)9-15(18)16(21)10-12-13-3-4-17(22)19(13,2)8-6-14(12)18/h12-15H,3-10H2,1-2H3/t12-,13-,14+,15+,18+,19-/m0/s1. The second kappa shape index (κ2) is 4.52. The van der Waals surface area contributed by atoms with Gasteiger partial charge in [0, 0.05) is 37.0 Å². The van der Waals surface area contributed by atoms with Crippen LogP contribution in [0, 0.1) is 34.5 Å². The van der Waals surface area contributed by atoms with Gasteiger partial charge in [0.05, 0.1) is 0 Å². The quantitative estimate of drug-likeness (QED) is 0.689. The SMILES string of the molecule is C[C@]12CCC(=O)C[C@@H]1C(=O)C[C@@H]1[C@H]2CC[C@]2(C)C(=O)CC[C@@H]12. The molecule has 0 spiro atoms. The molecular formula is C19H26O3. The van der Waals surface area contributed by atoms with Gasteiger partial charge in [0.25, 0.3) is 0 Å². The van der Waals surface area contributed by atoms with Crippen LogP contribution in [0.3, 0.4) is 0 Å². The van der Waals surface area contributed by atoms with Crippen LogP contribution in [0.25, 0.3) is 0 Å². The van der Waals surface area contributed by atoms with Crippen LogP contribution in [0.5, 0.6) is 0 Å². The summed E-state index contributed by atoms with van der Waals surface area (Å²) in [6, 6.07) is 0. The Morgan fingerprint density at radius 3 is 2.45 bits per heavy atom. The van der Waals surface area contributed by atoms with Gasteiger partial charge >= 0.3 is 0 Å². The summed E-state index contributed by atoms with van der Waals surface area (Å²) in [6.45, 7) is 4.41. The summed E-state index contributed by atoms with van der Waals surface area (Å²) in [6.07, 6.45) is 6.34. The fourth-order valence-corrected chi connectivity index (χ4v) is 6.61. The highest BCUT2D eigenvalue weighted by atomic mass is 16.1. The molecule has 0 saturated heterocycles. The van der Waals surface area contributed by atoms with Crippen LogP contribution in [-0.2, 0) is 14.4 Å². The van der Waals surface area contributed by atoms with Gasteiger partial charge in [0.1, 0.15) is 17.3 Å². The third-order valence-corrected chi connectivity index (χ3v) is 7.99. The molecule has 0 aromatic heterocycles. The van der Waals surface area contributed by atoms with E-state index in [4.69, 9.17) is 0 Å². The zero-order valence-corrected chi connectivity index (χ0v) is 13.7. The first-order valence-corrected chi connectivity index (χ1v) is 8.94. The molecule has 4 saturated carbocycles. The molecule has 3 heteroatoms. The van der Waals surface area contributed by atoms with Crippen molar-refractivity contribution in [3.63, 3.8) is 0 Å². The molecule has 0 bridgehead atoms. The molecule has 4 aliphatic carbocycles. The molecular weight excluding hydrogens is 276 g/mol. The number of hydrogen-bond acceptors (Lipinski definition) is 3. The minimum Gasteiger partial charge on any atom is -0.300 e. The highest BCUT2D eigenvalue weighted by Gasteiger charge is 2.62. The Morgan fingerprint density at radius 2 is 1.68 bits per heavy atom.